The van der Waals surface area contributed by atoms with Crippen LogP contribution in [0.2, 0.25) is 0 Å². The Hall–Kier alpha value is -2.82. The Morgan fingerprint density at radius 2 is 1.39 bits per heavy atom. The average Bonchev–Trinajstić information content (AvgIpc) is 2.69. The van der Waals surface area contributed by atoms with Gasteiger partial charge in [0.2, 0.25) is 5.91 Å². The first-order valence-electron chi connectivity index (χ1n) is 9.79. The van der Waals surface area contributed by atoms with Crippen molar-refractivity contribution in [3.05, 3.63) is 54.1 Å². The molecule has 150 valence electrons. The molecular formula is C23H30N2O3. The summed E-state index contributed by atoms with van der Waals surface area (Å²) in [5, 5.41) is 5.67. The van der Waals surface area contributed by atoms with Gasteiger partial charge in [-0.15, -0.1) is 0 Å². The van der Waals surface area contributed by atoms with Crippen LogP contribution in [0.1, 0.15) is 52.5 Å². The van der Waals surface area contributed by atoms with Crippen LogP contribution < -0.4 is 15.4 Å². The van der Waals surface area contributed by atoms with Crippen LogP contribution in [-0.2, 0) is 9.59 Å². The molecule has 2 N–H and O–H groups in total. The van der Waals surface area contributed by atoms with Crippen LogP contribution in [0.15, 0.2) is 48.5 Å². The molecule has 2 amide bonds. The van der Waals surface area contributed by atoms with Gasteiger partial charge in [-0.1, -0.05) is 45.9 Å². The maximum atomic E-state index is 12.5. The molecule has 0 saturated heterocycles. The Kier molecular flexibility index (Phi) is 7.61. The van der Waals surface area contributed by atoms with E-state index in [9.17, 15) is 9.59 Å². The van der Waals surface area contributed by atoms with E-state index in [0.29, 0.717) is 17.3 Å². The summed E-state index contributed by atoms with van der Waals surface area (Å²) in [5.74, 6) is 0.749. The quantitative estimate of drug-likeness (QED) is 0.659. The molecular weight excluding hydrogens is 352 g/mol. The van der Waals surface area contributed by atoms with Crippen molar-refractivity contribution >= 4 is 23.2 Å². The minimum absolute atomic E-state index is 0.0428. The summed E-state index contributed by atoms with van der Waals surface area (Å²) in [4.78, 5) is 24.3. The van der Waals surface area contributed by atoms with Crippen molar-refractivity contribution in [2.75, 3.05) is 10.6 Å². The minimum Gasteiger partial charge on any atom is -0.481 e. The van der Waals surface area contributed by atoms with Crippen molar-refractivity contribution in [3.8, 4) is 5.75 Å². The molecule has 0 aliphatic rings. The number of para-hydroxylation sites is 1. The molecule has 0 heterocycles. The third-order valence-corrected chi connectivity index (χ3v) is 4.68. The largest absolute Gasteiger partial charge is 0.481 e. The van der Waals surface area contributed by atoms with Gasteiger partial charge in [0.05, 0.1) is 0 Å². The van der Waals surface area contributed by atoms with Gasteiger partial charge in [0.25, 0.3) is 5.91 Å². The van der Waals surface area contributed by atoms with Gasteiger partial charge in [-0.3, -0.25) is 9.59 Å². The van der Waals surface area contributed by atoms with Gasteiger partial charge >= 0.3 is 0 Å². The lowest BCUT2D eigenvalue weighted by molar-refractivity contribution is -0.122. The molecule has 0 saturated carbocycles. The first-order chi connectivity index (χ1) is 13.3. The molecule has 0 fully saturated rings. The van der Waals surface area contributed by atoms with Crippen molar-refractivity contribution < 1.29 is 14.3 Å². The van der Waals surface area contributed by atoms with Crippen molar-refractivity contribution in [1.29, 1.82) is 0 Å². The van der Waals surface area contributed by atoms with E-state index >= 15 is 0 Å². The summed E-state index contributed by atoms with van der Waals surface area (Å²) in [6.45, 7) is 9.69. The molecule has 0 aliphatic heterocycles. The Balaban J connectivity index is 1.98. The average molecular weight is 383 g/mol. The summed E-state index contributed by atoms with van der Waals surface area (Å²) in [5.41, 5.74) is 2.46. The molecule has 0 spiro atoms. The number of rotatable bonds is 8. The van der Waals surface area contributed by atoms with Crippen LogP contribution in [0.25, 0.3) is 0 Å². The standard InChI is InChI=1S/C23H30N2O3/c1-6-16(4)20-9-7-8-10-21(20)28-17(5)23(27)25-19-13-11-18(12-14-19)24-22(26)15(2)3/h7-17H,6H2,1-5H3,(H,24,26)(H,25,27). The van der Waals surface area contributed by atoms with Crippen molar-refractivity contribution in [2.45, 2.75) is 53.1 Å². The maximum Gasteiger partial charge on any atom is 0.265 e. The number of benzene rings is 2. The highest BCUT2D eigenvalue weighted by molar-refractivity contribution is 5.95. The van der Waals surface area contributed by atoms with E-state index in [1.807, 2.05) is 38.1 Å². The van der Waals surface area contributed by atoms with Gasteiger partial charge in [0, 0.05) is 17.3 Å². The maximum absolute atomic E-state index is 12.5. The number of nitrogens with one attached hydrogen (secondary N) is 2. The number of amides is 2. The smallest absolute Gasteiger partial charge is 0.265 e. The molecule has 2 rings (SSSR count). The van der Waals surface area contributed by atoms with Gasteiger partial charge in [0.1, 0.15) is 5.75 Å². The molecule has 2 aromatic carbocycles. The minimum atomic E-state index is -0.634. The fourth-order valence-corrected chi connectivity index (χ4v) is 2.63. The lowest BCUT2D eigenvalue weighted by atomic mass is 9.98. The predicted molar refractivity (Wildman–Crippen MR) is 114 cm³/mol. The van der Waals surface area contributed by atoms with E-state index in [2.05, 4.69) is 24.5 Å². The molecule has 0 aromatic heterocycles. The summed E-state index contributed by atoms with van der Waals surface area (Å²) in [6, 6.07) is 14.9. The number of hydrogen-bond acceptors (Lipinski definition) is 3. The van der Waals surface area contributed by atoms with E-state index in [1.54, 1.807) is 31.2 Å². The first-order valence-corrected chi connectivity index (χ1v) is 9.79. The third-order valence-electron chi connectivity index (χ3n) is 4.68. The van der Waals surface area contributed by atoms with Crippen molar-refractivity contribution in [2.24, 2.45) is 5.92 Å². The number of carbonyl (C=O) groups is 2. The zero-order valence-electron chi connectivity index (χ0n) is 17.3. The van der Waals surface area contributed by atoms with Crippen LogP contribution in [0.3, 0.4) is 0 Å². The van der Waals surface area contributed by atoms with E-state index in [1.165, 1.54) is 0 Å². The highest BCUT2D eigenvalue weighted by atomic mass is 16.5. The SMILES string of the molecule is CCC(C)c1ccccc1OC(C)C(=O)Nc1ccc(NC(=O)C(C)C)cc1. The zero-order valence-corrected chi connectivity index (χ0v) is 17.3. The second kappa shape index (κ2) is 9.93. The first kappa shape index (κ1) is 21.5. The molecule has 0 aliphatic carbocycles. The number of anilines is 2. The Morgan fingerprint density at radius 3 is 1.93 bits per heavy atom. The van der Waals surface area contributed by atoms with Gasteiger partial charge < -0.3 is 15.4 Å². The fourth-order valence-electron chi connectivity index (χ4n) is 2.63. The molecule has 2 aromatic rings. The Morgan fingerprint density at radius 1 is 0.857 bits per heavy atom. The molecule has 2 unspecified atom stereocenters. The van der Waals surface area contributed by atoms with Gasteiger partial charge in [0.15, 0.2) is 6.10 Å². The second-order valence-electron chi connectivity index (χ2n) is 7.32. The van der Waals surface area contributed by atoms with Gasteiger partial charge in [-0.25, -0.2) is 0 Å². The van der Waals surface area contributed by atoms with E-state index in [4.69, 9.17) is 4.74 Å². The van der Waals surface area contributed by atoms with Crippen LogP contribution in [-0.4, -0.2) is 17.9 Å². The predicted octanol–water partition coefficient (Wildman–Crippen LogP) is 5.20. The molecule has 0 bridgehead atoms. The normalized spacial score (nSPS) is 12.9. The molecule has 5 nitrogen and oxygen atoms in total. The van der Waals surface area contributed by atoms with Gasteiger partial charge in [-0.05, 0) is 55.2 Å². The highest BCUT2D eigenvalue weighted by Crippen LogP contribution is 2.29. The highest BCUT2D eigenvalue weighted by Gasteiger charge is 2.18. The molecule has 0 radical (unpaired) electrons. The molecule has 5 heteroatoms. The Labute approximate surface area is 167 Å². The van der Waals surface area contributed by atoms with Crippen LogP contribution in [0, 0.1) is 5.92 Å². The second-order valence-corrected chi connectivity index (χ2v) is 7.32. The summed E-state index contributed by atoms with van der Waals surface area (Å²) < 4.78 is 5.94. The lowest BCUT2D eigenvalue weighted by Gasteiger charge is -2.19. The fraction of sp³-hybridized carbons (Fsp3) is 0.391. The monoisotopic (exact) mass is 382 g/mol. The van der Waals surface area contributed by atoms with Gasteiger partial charge in [-0.2, -0.15) is 0 Å². The summed E-state index contributed by atoms with van der Waals surface area (Å²) >= 11 is 0. The zero-order chi connectivity index (χ0) is 20.7. The van der Waals surface area contributed by atoms with Crippen molar-refractivity contribution in [1.82, 2.24) is 0 Å². The number of carbonyl (C=O) groups excluding carboxylic acids is 2. The van der Waals surface area contributed by atoms with Crippen LogP contribution in [0.4, 0.5) is 11.4 Å². The van der Waals surface area contributed by atoms with Crippen LogP contribution in [0.5, 0.6) is 5.75 Å². The van der Waals surface area contributed by atoms with E-state index in [0.717, 1.165) is 17.7 Å². The van der Waals surface area contributed by atoms with Crippen LogP contribution >= 0.6 is 0 Å². The topological polar surface area (TPSA) is 67.4 Å². The molecule has 2 atom stereocenters. The summed E-state index contributed by atoms with van der Waals surface area (Å²) in [7, 11) is 0. The number of ether oxygens (including phenoxy) is 1. The summed E-state index contributed by atoms with van der Waals surface area (Å²) in [6.07, 6.45) is 0.367. The Bertz CT molecular complexity index is 800. The third kappa shape index (κ3) is 5.84. The number of hydrogen-bond donors (Lipinski definition) is 2. The van der Waals surface area contributed by atoms with E-state index < -0.39 is 6.10 Å². The molecule has 28 heavy (non-hydrogen) atoms. The van der Waals surface area contributed by atoms with Crippen molar-refractivity contribution in [3.63, 3.8) is 0 Å². The van der Waals surface area contributed by atoms with E-state index in [-0.39, 0.29) is 17.7 Å². The lowest BCUT2D eigenvalue weighted by Crippen LogP contribution is -2.30.